The molecule has 3 heteroatoms. The summed E-state index contributed by atoms with van der Waals surface area (Å²) in [7, 11) is 0. The summed E-state index contributed by atoms with van der Waals surface area (Å²) in [5, 5.41) is 0. The monoisotopic (exact) mass is 250 g/mol. The van der Waals surface area contributed by atoms with Crippen LogP contribution >= 0.6 is 0 Å². The van der Waals surface area contributed by atoms with Crippen LogP contribution in [0.2, 0.25) is 0 Å². The molecule has 18 heavy (non-hydrogen) atoms. The van der Waals surface area contributed by atoms with Crippen molar-refractivity contribution in [3.05, 3.63) is 12.7 Å². The first-order valence-electron chi connectivity index (χ1n) is 7.04. The van der Waals surface area contributed by atoms with E-state index in [-0.39, 0.29) is 11.8 Å². The molecule has 2 aliphatic rings. The van der Waals surface area contributed by atoms with Crippen molar-refractivity contribution in [2.24, 2.45) is 11.8 Å². The smallest absolute Gasteiger partial charge is 0.331 e. The molecule has 0 radical (unpaired) electrons. The van der Waals surface area contributed by atoms with E-state index in [0.29, 0.717) is 0 Å². The van der Waals surface area contributed by atoms with Crippen LogP contribution in [-0.2, 0) is 14.3 Å². The zero-order chi connectivity index (χ0) is 13.0. The van der Waals surface area contributed by atoms with E-state index in [1.807, 2.05) is 0 Å². The van der Waals surface area contributed by atoms with Gasteiger partial charge in [-0.3, -0.25) is 4.79 Å². The first kappa shape index (κ1) is 13.3. The lowest BCUT2D eigenvalue weighted by atomic mass is 9.75. The summed E-state index contributed by atoms with van der Waals surface area (Å²) in [6.07, 6.45) is 10.6. The van der Waals surface area contributed by atoms with Gasteiger partial charge < -0.3 is 4.74 Å². The number of rotatable bonds is 5. The fourth-order valence-electron chi connectivity index (χ4n) is 3.69. The molecule has 0 heterocycles. The highest BCUT2D eigenvalue weighted by atomic mass is 16.6. The van der Waals surface area contributed by atoms with E-state index in [0.717, 1.165) is 57.7 Å². The molecule has 0 N–H and O–H groups in total. The minimum atomic E-state index is -0.877. The quantitative estimate of drug-likeness (QED) is 0.428. The molecule has 3 nitrogen and oxygen atoms in total. The van der Waals surface area contributed by atoms with Gasteiger partial charge in [-0.15, -0.1) is 0 Å². The molecular formula is C15H22O3. The number of aldehydes is 1. The minimum Gasteiger partial charge on any atom is -0.448 e. The van der Waals surface area contributed by atoms with Crippen molar-refractivity contribution in [2.45, 2.75) is 57.0 Å². The predicted octanol–water partition coefficient (Wildman–Crippen LogP) is 3.03. The molecule has 2 fully saturated rings. The maximum Gasteiger partial charge on any atom is 0.331 e. The standard InChI is InChI=1S/C15H22O3/c1-2-14(17)18-15(11-16,12-7-3-4-8-12)13-9-5-6-10-13/h2,11-13H,1,3-10H2. The van der Waals surface area contributed by atoms with Gasteiger partial charge in [0, 0.05) is 17.9 Å². The van der Waals surface area contributed by atoms with Gasteiger partial charge in [-0.25, -0.2) is 4.79 Å². The van der Waals surface area contributed by atoms with Gasteiger partial charge in [-0.05, 0) is 25.7 Å². The summed E-state index contributed by atoms with van der Waals surface area (Å²) in [6, 6.07) is 0. The number of hydrogen-bond acceptors (Lipinski definition) is 3. The first-order chi connectivity index (χ1) is 8.73. The zero-order valence-corrected chi connectivity index (χ0v) is 10.9. The van der Waals surface area contributed by atoms with E-state index in [9.17, 15) is 9.59 Å². The molecule has 0 aromatic heterocycles. The number of carbonyl (C=O) groups is 2. The third kappa shape index (κ3) is 2.36. The van der Waals surface area contributed by atoms with Crippen molar-refractivity contribution in [1.29, 1.82) is 0 Å². The minimum absolute atomic E-state index is 0.210. The normalized spacial score (nSPS) is 22.0. The summed E-state index contributed by atoms with van der Waals surface area (Å²) in [6.45, 7) is 3.44. The second-order valence-corrected chi connectivity index (χ2v) is 5.56. The summed E-state index contributed by atoms with van der Waals surface area (Å²) in [4.78, 5) is 23.3. The third-order valence-electron chi connectivity index (χ3n) is 4.61. The SMILES string of the molecule is C=CC(=O)OC(C=O)(C1CCCC1)C1CCCC1. The third-order valence-corrected chi connectivity index (χ3v) is 4.61. The lowest BCUT2D eigenvalue weighted by molar-refractivity contribution is -0.171. The average Bonchev–Trinajstić information content (AvgIpc) is 3.07. The van der Waals surface area contributed by atoms with Crippen LogP contribution in [0.15, 0.2) is 12.7 Å². The van der Waals surface area contributed by atoms with Crippen LogP contribution in [0.5, 0.6) is 0 Å². The highest BCUT2D eigenvalue weighted by Crippen LogP contribution is 2.45. The Hall–Kier alpha value is -1.12. The Bertz CT molecular complexity index is 307. The molecule has 2 rings (SSSR count). The van der Waals surface area contributed by atoms with Gasteiger partial charge in [-0.1, -0.05) is 32.3 Å². The van der Waals surface area contributed by atoms with E-state index in [4.69, 9.17) is 4.74 Å². The maximum atomic E-state index is 11.7. The highest BCUT2D eigenvalue weighted by Gasteiger charge is 2.50. The van der Waals surface area contributed by atoms with Gasteiger partial charge >= 0.3 is 5.97 Å². The Morgan fingerprint density at radius 2 is 1.50 bits per heavy atom. The van der Waals surface area contributed by atoms with Gasteiger partial charge in [0.15, 0.2) is 11.9 Å². The fraction of sp³-hybridized carbons (Fsp3) is 0.733. The van der Waals surface area contributed by atoms with E-state index in [2.05, 4.69) is 6.58 Å². The van der Waals surface area contributed by atoms with Crippen molar-refractivity contribution in [3.8, 4) is 0 Å². The summed E-state index contributed by atoms with van der Waals surface area (Å²) >= 11 is 0. The summed E-state index contributed by atoms with van der Waals surface area (Å²) < 4.78 is 5.58. The zero-order valence-electron chi connectivity index (χ0n) is 10.9. The van der Waals surface area contributed by atoms with Crippen molar-refractivity contribution in [2.75, 3.05) is 0 Å². The number of carbonyl (C=O) groups excluding carboxylic acids is 2. The summed E-state index contributed by atoms with van der Waals surface area (Å²) in [5.41, 5.74) is -0.877. The van der Waals surface area contributed by atoms with E-state index in [1.165, 1.54) is 6.08 Å². The van der Waals surface area contributed by atoms with Crippen LogP contribution in [0.25, 0.3) is 0 Å². The van der Waals surface area contributed by atoms with Crippen LogP contribution in [0.4, 0.5) is 0 Å². The van der Waals surface area contributed by atoms with Gasteiger partial charge in [-0.2, -0.15) is 0 Å². The van der Waals surface area contributed by atoms with Crippen molar-refractivity contribution < 1.29 is 14.3 Å². The van der Waals surface area contributed by atoms with Crippen LogP contribution < -0.4 is 0 Å². The van der Waals surface area contributed by atoms with Gasteiger partial charge in [0.05, 0.1) is 0 Å². The highest BCUT2D eigenvalue weighted by molar-refractivity contribution is 5.84. The molecule has 0 amide bonds. The second-order valence-electron chi connectivity index (χ2n) is 5.56. The van der Waals surface area contributed by atoms with Gasteiger partial charge in [0.1, 0.15) is 0 Å². The van der Waals surface area contributed by atoms with Crippen LogP contribution in [0.1, 0.15) is 51.4 Å². The molecule has 2 saturated carbocycles. The molecule has 100 valence electrons. The Morgan fingerprint density at radius 3 is 1.83 bits per heavy atom. The number of hydrogen-bond donors (Lipinski definition) is 0. The largest absolute Gasteiger partial charge is 0.448 e. The molecule has 0 aromatic rings. The molecule has 0 aliphatic heterocycles. The molecule has 0 spiro atoms. The molecule has 0 aromatic carbocycles. The van der Waals surface area contributed by atoms with E-state index < -0.39 is 11.6 Å². The second kappa shape index (κ2) is 5.68. The molecular weight excluding hydrogens is 228 g/mol. The van der Waals surface area contributed by atoms with Crippen molar-refractivity contribution >= 4 is 12.3 Å². The van der Waals surface area contributed by atoms with Gasteiger partial charge in [0.2, 0.25) is 0 Å². The predicted molar refractivity (Wildman–Crippen MR) is 69.0 cm³/mol. The van der Waals surface area contributed by atoms with Crippen LogP contribution in [-0.4, -0.2) is 17.9 Å². The molecule has 0 bridgehead atoms. The van der Waals surface area contributed by atoms with Crippen molar-refractivity contribution in [3.63, 3.8) is 0 Å². The maximum absolute atomic E-state index is 11.7. The lowest BCUT2D eigenvalue weighted by Gasteiger charge is -2.38. The molecule has 0 atom stereocenters. The van der Waals surface area contributed by atoms with Crippen LogP contribution in [0.3, 0.4) is 0 Å². The van der Waals surface area contributed by atoms with Crippen molar-refractivity contribution in [1.82, 2.24) is 0 Å². The average molecular weight is 250 g/mol. The molecule has 2 aliphatic carbocycles. The topological polar surface area (TPSA) is 43.4 Å². The Kier molecular flexibility index (Phi) is 4.20. The van der Waals surface area contributed by atoms with Crippen LogP contribution in [0, 0.1) is 11.8 Å². The molecule has 0 saturated heterocycles. The molecule has 0 unspecified atom stereocenters. The fourth-order valence-corrected chi connectivity index (χ4v) is 3.69. The Morgan fingerprint density at radius 1 is 1.06 bits per heavy atom. The van der Waals surface area contributed by atoms with E-state index >= 15 is 0 Å². The Balaban J connectivity index is 2.24. The Labute approximate surface area is 109 Å². The summed E-state index contributed by atoms with van der Waals surface area (Å²) in [5.74, 6) is -0.0371. The number of esters is 1. The first-order valence-corrected chi connectivity index (χ1v) is 7.04. The number of ether oxygens (including phenoxy) is 1. The lowest BCUT2D eigenvalue weighted by Crippen LogP contribution is -2.49. The van der Waals surface area contributed by atoms with Gasteiger partial charge in [0.25, 0.3) is 0 Å². The van der Waals surface area contributed by atoms with E-state index in [1.54, 1.807) is 0 Å².